The summed E-state index contributed by atoms with van der Waals surface area (Å²) in [6, 6.07) is 21.1. The molecule has 152 valence electrons. The average molecular weight is 409 g/mol. The number of rotatable bonds is 6. The average Bonchev–Trinajstić information content (AvgIpc) is 3.29. The Kier molecular flexibility index (Phi) is 5.72. The Bertz CT molecular complexity index is 1250. The van der Waals surface area contributed by atoms with Crippen molar-refractivity contribution >= 4 is 23.1 Å². The van der Waals surface area contributed by atoms with Crippen LogP contribution in [0.1, 0.15) is 17.2 Å². The van der Waals surface area contributed by atoms with E-state index >= 15 is 0 Å². The standard InChI is InChI=1S/C24H19N5O2/c1-2-22(30)29(20-13-14-21-27-26-17-28(21)16-20)23(19-11-7-4-8-12-19)24(31)25-15-18-9-5-3-6-10-18/h1,3-14,16-17,23H,15H2,(H,25,31). The zero-order chi connectivity index (χ0) is 21.6. The third-order valence-corrected chi connectivity index (χ3v) is 4.83. The van der Waals surface area contributed by atoms with Crippen molar-refractivity contribution in [2.24, 2.45) is 0 Å². The summed E-state index contributed by atoms with van der Waals surface area (Å²) in [6.45, 7) is 0.325. The molecule has 0 saturated heterocycles. The molecule has 4 aromatic rings. The minimum Gasteiger partial charge on any atom is -0.350 e. The monoisotopic (exact) mass is 409 g/mol. The summed E-state index contributed by atoms with van der Waals surface area (Å²) < 4.78 is 1.66. The zero-order valence-corrected chi connectivity index (χ0v) is 16.6. The van der Waals surface area contributed by atoms with E-state index in [2.05, 4.69) is 21.4 Å². The molecule has 0 saturated carbocycles. The van der Waals surface area contributed by atoms with Crippen LogP contribution in [-0.2, 0) is 16.1 Å². The summed E-state index contributed by atoms with van der Waals surface area (Å²) in [4.78, 5) is 27.5. The fourth-order valence-electron chi connectivity index (χ4n) is 3.35. The number of nitrogens with zero attached hydrogens (tertiary/aromatic N) is 4. The van der Waals surface area contributed by atoms with Gasteiger partial charge in [0.05, 0.1) is 5.69 Å². The smallest absolute Gasteiger partial charge is 0.303 e. The van der Waals surface area contributed by atoms with Gasteiger partial charge in [-0.15, -0.1) is 16.6 Å². The van der Waals surface area contributed by atoms with Gasteiger partial charge in [0.15, 0.2) is 5.65 Å². The van der Waals surface area contributed by atoms with Crippen molar-refractivity contribution < 1.29 is 9.59 Å². The van der Waals surface area contributed by atoms with E-state index in [-0.39, 0.29) is 5.91 Å². The highest BCUT2D eigenvalue weighted by molar-refractivity contribution is 6.09. The van der Waals surface area contributed by atoms with Gasteiger partial charge in [-0.25, -0.2) is 0 Å². The lowest BCUT2D eigenvalue weighted by molar-refractivity contribution is -0.125. The number of terminal acetylenes is 1. The van der Waals surface area contributed by atoms with Crippen LogP contribution in [-0.4, -0.2) is 26.4 Å². The molecule has 1 unspecified atom stereocenters. The number of hydrogen-bond acceptors (Lipinski definition) is 4. The molecule has 1 atom stereocenters. The van der Waals surface area contributed by atoms with Crippen molar-refractivity contribution in [3.8, 4) is 12.3 Å². The fraction of sp³-hybridized carbons (Fsp3) is 0.0833. The van der Waals surface area contributed by atoms with Gasteiger partial charge in [-0.3, -0.25) is 18.9 Å². The Balaban J connectivity index is 1.74. The number of fused-ring (bicyclic) bond motifs is 1. The maximum atomic E-state index is 13.4. The lowest BCUT2D eigenvalue weighted by atomic mass is 10.0. The minimum absolute atomic E-state index is 0.325. The molecule has 0 aliphatic rings. The maximum absolute atomic E-state index is 13.4. The molecule has 0 spiro atoms. The first-order valence-electron chi connectivity index (χ1n) is 9.63. The van der Waals surface area contributed by atoms with Crippen LogP contribution in [0.3, 0.4) is 0 Å². The number of hydrogen-bond donors (Lipinski definition) is 1. The summed E-state index contributed by atoms with van der Waals surface area (Å²) in [5.74, 6) is 1.18. The first kappa shape index (κ1) is 19.9. The van der Waals surface area contributed by atoms with Gasteiger partial charge in [-0.1, -0.05) is 60.7 Å². The Morgan fingerprint density at radius 1 is 1.03 bits per heavy atom. The predicted octanol–water partition coefficient (Wildman–Crippen LogP) is 2.75. The fourth-order valence-corrected chi connectivity index (χ4v) is 3.35. The molecule has 7 heteroatoms. The van der Waals surface area contributed by atoms with E-state index in [1.165, 1.54) is 11.2 Å². The van der Waals surface area contributed by atoms with Crippen LogP contribution in [0.5, 0.6) is 0 Å². The highest BCUT2D eigenvalue weighted by Gasteiger charge is 2.32. The van der Waals surface area contributed by atoms with Crippen LogP contribution >= 0.6 is 0 Å². The van der Waals surface area contributed by atoms with Crippen LogP contribution in [0.15, 0.2) is 85.3 Å². The van der Waals surface area contributed by atoms with Crippen LogP contribution in [0.25, 0.3) is 5.65 Å². The molecule has 0 fully saturated rings. The summed E-state index contributed by atoms with van der Waals surface area (Å²) in [5.41, 5.74) is 2.66. The largest absolute Gasteiger partial charge is 0.350 e. The molecule has 0 aliphatic heterocycles. The molecule has 2 aromatic carbocycles. The number of benzene rings is 2. The lowest BCUT2D eigenvalue weighted by Gasteiger charge is -2.30. The molecule has 2 amide bonds. The number of carbonyl (C=O) groups is 2. The van der Waals surface area contributed by atoms with Crippen molar-refractivity contribution in [3.05, 3.63) is 96.4 Å². The second kappa shape index (κ2) is 8.93. The Labute approximate surface area is 179 Å². The molecule has 0 bridgehead atoms. The Morgan fingerprint density at radius 3 is 2.45 bits per heavy atom. The van der Waals surface area contributed by atoms with Crippen LogP contribution in [0.2, 0.25) is 0 Å². The highest BCUT2D eigenvalue weighted by atomic mass is 16.2. The molecule has 2 heterocycles. The van der Waals surface area contributed by atoms with Crippen LogP contribution in [0.4, 0.5) is 5.69 Å². The van der Waals surface area contributed by atoms with Gasteiger partial charge < -0.3 is 5.32 Å². The molecule has 7 nitrogen and oxygen atoms in total. The molecule has 0 radical (unpaired) electrons. The van der Waals surface area contributed by atoms with Crippen LogP contribution < -0.4 is 10.2 Å². The number of pyridine rings is 1. The van der Waals surface area contributed by atoms with Crippen molar-refractivity contribution in [1.82, 2.24) is 19.9 Å². The van der Waals surface area contributed by atoms with Gasteiger partial charge >= 0.3 is 5.91 Å². The highest BCUT2D eigenvalue weighted by Crippen LogP contribution is 2.28. The SMILES string of the molecule is C#CC(=O)N(c1ccc2nncn2c1)C(C(=O)NCc1ccccc1)c1ccccc1. The summed E-state index contributed by atoms with van der Waals surface area (Å²) >= 11 is 0. The Morgan fingerprint density at radius 2 is 1.74 bits per heavy atom. The quantitative estimate of drug-likeness (QED) is 0.497. The summed E-state index contributed by atoms with van der Waals surface area (Å²) in [7, 11) is 0. The van der Waals surface area contributed by atoms with E-state index in [9.17, 15) is 9.59 Å². The Hall–Kier alpha value is -4.44. The van der Waals surface area contributed by atoms with E-state index in [1.54, 1.807) is 34.9 Å². The second-order valence-corrected chi connectivity index (χ2v) is 6.82. The van der Waals surface area contributed by atoms with Gasteiger partial charge in [-0.05, 0) is 29.2 Å². The molecule has 31 heavy (non-hydrogen) atoms. The molecule has 2 aromatic heterocycles. The number of amides is 2. The van der Waals surface area contributed by atoms with Gasteiger partial charge in [0, 0.05) is 12.7 Å². The van der Waals surface area contributed by atoms with Crippen molar-refractivity contribution in [2.75, 3.05) is 4.90 Å². The third-order valence-electron chi connectivity index (χ3n) is 4.83. The van der Waals surface area contributed by atoms with Gasteiger partial charge in [0.1, 0.15) is 12.4 Å². The summed E-state index contributed by atoms with van der Waals surface area (Å²) in [6.07, 6.45) is 8.67. The molecule has 1 N–H and O–H groups in total. The molecule has 4 rings (SSSR count). The number of carbonyl (C=O) groups excluding carboxylic acids is 2. The molecule has 0 aliphatic carbocycles. The van der Waals surface area contributed by atoms with Gasteiger partial charge in [0.25, 0.3) is 0 Å². The van der Waals surface area contributed by atoms with E-state index < -0.39 is 11.9 Å². The van der Waals surface area contributed by atoms with E-state index in [4.69, 9.17) is 6.42 Å². The van der Waals surface area contributed by atoms with Crippen molar-refractivity contribution in [3.63, 3.8) is 0 Å². The maximum Gasteiger partial charge on any atom is 0.303 e. The van der Waals surface area contributed by atoms with Gasteiger partial charge in [0.2, 0.25) is 5.91 Å². The first-order valence-corrected chi connectivity index (χ1v) is 9.63. The lowest BCUT2D eigenvalue weighted by Crippen LogP contribution is -2.43. The number of anilines is 1. The van der Waals surface area contributed by atoms with E-state index in [1.807, 2.05) is 48.5 Å². The van der Waals surface area contributed by atoms with E-state index in [0.29, 0.717) is 23.4 Å². The summed E-state index contributed by atoms with van der Waals surface area (Å²) in [5, 5.41) is 10.8. The molecular formula is C24H19N5O2. The van der Waals surface area contributed by atoms with E-state index in [0.717, 1.165) is 5.56 Å². The first-order chi connectivity index (χ1) is 15.2. The van der Waals surface area contributed by atoms with Crippen molar-refractivity contribution in [2.45, 2.75) is 12.6 Å². The number of aromatic nitrogens is 3. The number of nitrogens with one attached hydrogen (secondary N) is 1. The zero-order valence-electron chi connectivity index (χ0n) is 16.6. The third kappa shape index (κ3) is 4.28. The predicted molar refractivity (Wildman–Crippen MR) is 117 cm³/mol. The minimum atomic E-state index is -0.956. The normalized spacial score (nSPS) is 11.5. The van der Waals surface area contributed by atoms with Crippen LogP contribution in [0, 0.1) is 12.3 Å². The molecular weight excluding hydrogens is 390 g/mol. The van der Waals surface area contributed by atoms with Crippen molar-refractivity contribution in [1.29, 1.82) is 0 Å². The second-order valence-electron chi connectivity index (χ2n) is 6.82. The topological polar surface area (TPSA) is 79.6 Å². The van der Waals surface area contributed by atoms with Gasteiger partial charge in [-0.2, -0.15) is 0 Å².